The zero-order valence-electron chi connectivity index (χ0n) is 17.2. The summed E-state index contributed by atoms with van der Waals surface area (Å²) in [5, 5.41) is 5.40. The fraction of sp³-hybridized carbons (Fsp3) is 0.318. The number of rotatable bonds is 10. The Bertz CT molecular complexity index is 822. The minimum Gasteiger partial charge on any atom is -0.484 e. The van der Waals surface area contributed by atoms with Crippen LogP contribution in [0.1, 0.15) is 18.4 Å². The van der Waals surface area contributed by atoms with Gasteiger partial charge in [0, 0.05) is 32.7 Å². The molecule has 0 saturated carbocycles. The van der Waals surface area contributed by atoms with E-state index in [-0.39, 0.29) is 31.4 Å². The van der Waals surface area contributed by atoms with Crippen molar-refractivity contribution >= 4 is 23.6 Å². The number of hydrogen-bond acceptors (Lipinski definition) is 5. The van der Waals surface area contributed by atoms with E-state index in [1.807, 2.05) is 30.3 Å². The van der Waals surface area contributed by atoms with Gasteiger partial charge in [-0.25, -0.2) is 4.79 Å². The smallest absolute Gasteiger partial charge is 0.407 e. The van der Waals surface area contributed by atoms with Crippen LogP contribution in [0.3, 0.4) is 0 Å². The van der Waals surface area contributed by atoms with Crippen LogP contribution in [0, 0.1) is 0 Å². The molecule has 0 atom stereocenters. The van der Waals surface area contributed by atoms with Crippen LogP contribution in [0.2, 0.25) is 0 Å². The number of anilines is 1. The van der Waals surface area contributed by atoms with Crippen molar-refractivity contribution in [3.63, 3.8) is 0 Å². The van der Waals surface area contributed by atoms with Crippen molar-refractivity contribution in [1.82, 2.24) is 10.2 Å². The number of carbonyl (C=O) groups excluding carboxylic acids is 3. The normalized spacial score (nSPS) is 10.1. The maximum atomic E-state index is 12.0. The van der Waals surface area contributed by atoms with Gasteiger partial charge in [0.2, 0.25) is 5.91 Å². The van der Waals surface area contributed by atoms with Crippen molar-refractivity contribution < 1.29 is 23.9 Å². The SMILES string of the molecule is CN(C)C(=O)COc1ccc(NC(=O)CCCNC(=O)OCc2ccccc2)cc1. The molecule has 8 heteroatoms. The van der Waals surface area contributed by atoms with Crippen LogP contribution >= 0.6 is 0 Å². The van der Waals surface area contributed by atoms with E-state index in [9.17, 15) is 14.4 Å². The zero-order chi connectivity index (χ0) is 21.8. The van der Waals surface area contributed by atoms with Gasteiger partial charge < -0.3 is 25.0 Å². The molecule has 0 saturated heterocycles. The molecule has 2 aromatic rings. The Morgan fingerprint density at radius 1 is 0.967 bits per heavy atom. The average molecular weight is 413 g/mol. The number of amides is 3. The molecule has 0 bridgehead atoms. The Morgan fingerprint density at radius 3 is 2.33 bits per heavy atom. The maximum absolute atomic E-state index is 12.0. The van der Waals surface area contributed by atoms with Gasteiger partial charge in [-0.3, -0.25) is 9.59 Å². The van der Waals surface area contributed by atoms with Crippen LogP contribution in [0.15, 0.2) is 54.6 Å². The first-order chi connectivity index (χ1) is 14.4. The number of nitrogens with zero attached hydrogens (tertiary/aromatic N) is 1. The molecular formula is C22H27N3O5. The second-order valence-corrected chi connectivity index (χ2v) is 6.74. The van der Waals surface area contributed by atoms with Gasteiger partial charge in [0.15, 0.2) is 6.61 Å². The molecule has 2 rings (SSSR count). The third kappa shape index (κ3) is 8.64. The van der Waals surface area contributed by atoms with Gasteiger partial charge in [-0.2, -0.15) is 0 Å². The first kappa shape index (κ1) is 22.7. The number of alkyl carbamates (subject to hydrolysis) is 1. The number of ether oxygens (including phenoxy) is 2. The highest BCUT2D eigenvalue weighted by atomic mass is 16.5. The molecule has 8 nitrogen and oxygen atoms in total. The molecule has 0 aliphatic heterocycles. The highest BCUT2D eigenvalue weighted by molar-refractivity contribution is 5.90. The summed E-state index contributed by atoms with van der Waals surface area (Å²) in [6.07, 6.45) is 0.233. The maximum Gasteiger partial charge on any atom is 0.407 e. The number of hydrogen-bond donors (Lipinski definition) is 2. The highest BCUT2D eigenvalue weighted by Gasteiger charge is 2.07. The van der Waals surface area contributed by atoms with E-state index >= 15 is 0 Å². The lowest BCUT2D eigenvalue weighted by molar-refractivity contribution is -0.130. The topological polar surface area (TPSA) is 97.0 Å². The Labute approximate surface area is 176 Å². The molecule has 0 spiro atoms. The van der Waals surface area contributed by atoms with E-state index in [0.717, 1.165) is 5.56 Å². The largest absolute Gasteiger partial charge is 0.484 e. The van der Waals surface area contributed by atoms with Crippen LogP contribution in [-0.4, -0.2) is 50.1 Å². The number of benzene rings is 2. The monoisotopic (exact) mass is 413 g/mol. The van der Waals surface area contributed by atoms with E-state index in [1.54, 1.807) is 38.4 Å². The zero-order valence-corrected chi connectivity index (χ0v) is 17.2. The number of likely N-dealkylation sites (N-methyl/N-ethyl adjacent to an activating group) is 1. The van der Waals surface area contributed by atoms with Gasteiger partial charge in [-0.05, 0) is 36.2 Å². The number of carbonyl (C=O) groups is 3. The fourth-order valence-electron chi connectivity index (χ4n) is 2.35. The van der Waals surface area contributed by atoms with Crippen LogP contribution in [0.25, 0.3) is 0 Å². The Balaban J connectivity index is 1.60. The highest BCUT2D eigenvalue weighted by Crippen LogP contribution is 2.16. The third-order valence-corrected chi connectivity index (χ3v) is 4.06. The quantitative estimate of drug-likeness (QED) is 0.584. The molecule has 0 unspecified atom stereocenters. The van der Waals surface area contributed by atoms with Gasteiger partial charge in [0.1, 0.15) is 12.4 Å². The lowest BCUT2D eigenvalue weighted by Crippen LogP contribution is -2.27. The van der Waals surface area contributed by atoms with E-state index in [4.69, 9.17) is 9.47 Å². The molecule has 2 aromatic carbocycles. The summed E-state index contributed by atoms with van der Waals surface area (Å²) in [6, 6.07) is 16.2. The summed E-state index contributed by atoms with van der Waals surface area (Å²) in [6.45, 7) is 0.503. The van der Waals surface area contributed by atoms with Gasteiger partial charge >= 0.3 is 6.09 Å². The molecule has 3 amide bonds. The minimum absolute atomic E-state index is 0.0422. The van der Waals surface area contributed by atoms with Crippen molar-refractivity contribution in [2.75, 3.05) is 32.6 Å². The Kier molecular flexibility index (Phi) is 9.18. The molecule has 160 valence electrons. The van der Waals surface area contributed by atoms with Gasteiger partial charge in [0.25, 0.3) is 5.91 Å². The molecule has 0 fully saturated rings. The molecule has 0 aliphatic carbocycles. The van der Waals surface area contributed by atoms with Crippen molar-refractivity contribution in [3.05, 3.63) is 60.2 Å². The first-order valence-corrected chi connectivity index (χ1v) is 9.61. The third-order valence-electron chi connectivity index (χ3n) is 4.06. The first-order valence-electron chi connectivity index (χ1n) is 9.61. The van der Waals surface area contributed by atoms with Crippen molar-refractivity contribution in [3.8, 4) is 5.75 Å². The lowest BCUT2D eigenvalue weighted by atomic mass is 10.2. The predicted octanol–water partition coefficient (Wildman–Crippen LogP) is 2.80. The predicted molar refractivity (Wildman–Crippen MR) is 113 cm³/mol. The van der Waals surface area contributed by atoms with Crippen LogP contribution in [-0.2, 0) is 20.9 Å². The standard InChI is InChI=1S/C22H27N3O5/c1-25(2)21(27)16-29-19-12-10-18(11-13-19)24-20(26)9-6-14-23-22(28)30-15-17-7-4-3-5-8-17/h3-5,7-8,10-13H,6,9,14-16H2,1-2H3,(H,23,28)(H,24,26). The second-order valence-electron chi connectivity index (χ2n) is 6.74. The summed E-state index contributed by atoms with van der Waals surface area (Å²) in [5.74, 6) is 0.247. The van der Waals surface area contributed by atoms with E-state index in [2.05, 4.69) is 10.6 Å². The molecule has 0 aromatic heterocycles. The van der Waals surface area contributed by atoms with Crippen molar-refractivity contribution in [2.45, 2.75) is 19.4 Å². The Morgan fingerprint density at radius 2 is 1.67 bits per heavy atom. The molecule has 0 aliphatic rings. The van der Waals surface area contributed by atoms with E-state index < -0.39 is 6.09 Å². The minimum atomic E-state index is -0.511. The lowest BCUT2D eigenvalue weighted by Gasteiger charge is -2.12. The summed E-state index contributed by atoms with van der Waals surface area (Å²) >= 11 is 0. The van der Waals surface area contributed by atoms with Gasteiger partial charge in [-0.15, -0.1) is 0 Å². The van der Waals surface area contributed by atoms with E-state index in [0.29, 0.717) is 24.4 Å². The molecule has 0 radical (unpaired) electrons. The summed E-state index contributed by atoms with van der Waals surface area (Å²) in [4.78, 5) is 36.6. The van der Waals surface area contributed by atoms with Crippen LogP contribution in [0.4, 0.5) is 10.5 Å². The van der Waals surface area contributed by atoms with Crippen LogP contribution in [0.5, 0.6) is 5.75 Å². The molecule has 2 N–H and O–H groups in total. The fourth-order valence-corrected chi connectivity index (χ4v) is 2.35. The Hall–Kier alpha value is -3.55. The van der Waals surface area contributed by atoms with Crippen molar-refractivity contribution in [1.29, 1.82) is 0 Å². The second kappa shape index (κ2) is 12.1. The van der Waals surface area contributed by atoms with Crippen molar-refractivity contribution in [2.24, 2.45) is 0 Å². The number of nitrogens with one attached hydrogen (secondary N) is 2. The van der Waals surface area contributed by atoms with Crippen LogP contribution < -0.4 is 15.4 Å². The molecular weight excluding hydrogens is 386 g/mol. The van der Waals surface area contributed by atoms with Gasteiger partial charge in [-0.1, -0.05) is 30.3 Å². The molecule has 30 heavy (non-hydrogen) atoms. The van der Waals surface area contributed by atoms with Gasteiger partial charge in [0.05, 0.1) is 0 Å². The molecule has 0 heterocycles. The summed E-state index contributed by atoms with van der Waals surface area (Å²) in [7, 11) is 3.32. The summed E-state index contributed by atoms with van der Waals surface area (Å²) < 4.78 is 10.5. The average Bonchev–Trinajstić information content (AvgIpc) is 2.75. The summed E-state index contributed by atoms with van der Waals surface area (Å²) in [5.41, 5.74) is 1.54. The van der Waals surface area contributed by atoms with E-state index in [1.165, 1.54) is 4.90 Å².